The summed E-state index contributed by atoms with van der Waals surface area (Å²) < 4.78 is 4.60. The van der Waals surface area contributed by atoms with Crippen molar-refractivity contribution in [2.75, 3.05) is 19.7 Å². The zero-order valence-electron chi connectivity index (χ0n) is 8.96. The van der Waals surface area contributed by atoms with Gasteiger partial charge in [0.05, 0.1) is 6.54 Å². The molecule has 15 heavy (non-hydrogen) atoms. The number of ketones is 1. The third-order valence-electron chi connectivity index (χ3n) is 1.46. The lowest BCUT2D eigenvalue weighted by molar-refractivity contribution is -0.140. The molecule has 0 radical (unpaired) electrons. The van der Waals surface area contributed by atoms with E-state index in [9.17, 15) is 14.4 Å². The van der Waals surface area contributed by atoms with Gasteiger partial charge in [0.1, 0.15) is 12.4 Å². The Labute approximate surface area is 88.4 Å². The SMILES string of the molecule is CC(=O)CCNC(=O)NCCOC(C)=O. The van der Waals surface area contributed by atoms with Gasteiger partial charge in [-0.1, -0.05) is 0 Å². The highest BCUT2D eigenvalue weighted by molar-refractivity contribution is 5.77. The summed E-state index contributed by atoms with van der Waals surface area (Å²) in [5.74, 6) is -0.357. The molecule has 0 unspecified atom stereocenters. The van der Waals surface area contributed by atoms with Crippen LogP contribution < -0.4 is 10.6 Å². The van der Waals surface area contributed by atoms with Crippen molar-refractivity contribution in [1.82, 2.24) is 10.6 Å². The van der Waals surface area contributed by atoms with Crippen LogP contribution in [-0.4, -0.2) is 37.5 Å². The Kier molecular flexibility index (Phi) is 6.96. The van der Waals surface area contributed by atoms with E-state index in [-0.39, 0.29) is 30.9 Å². The summed E-state index contributed by atoms with van der Waals surface area (Å²) in [7, 11) is 0. The third-order valence-corrected chi connectivity index (χ3v) is 1.46. The average molecular weight is 216 g/mol. The molecule has 0 fully saturated rings. The van der Waals surface area contributed by atoms with Gasteiger partial charge in [0.15, 0.2) is 0 Å². The topological polar surface area (TPSA) is 84.5 Å². The lowest BCUT2D eigenvalue weighted by Gasteiger charge is -2.06. The molecule has 0 atom stereocenters. The number of hydrogen-bond donors (Lipinski definition) is 2. The predicted molar refractivity (Wildman–Crippen MR) is 53.3 cm³/mol. The Morgan fingerprint density at radius 1 is 1.07 bits per heavy atom. The van der Waals surface area contributed by atoms with Gasteiger partial charge in [-0.15, -0.1) is 0 Å². The number of ether oxygens (including phenoxy) is 1. The summed E-state index contributed by atoms with van der Waals surface area (Å²) in [6.45, 7) is 3.48. The van der Waals surface area contributed by atoms with Gasteiger partial charge in [-0.3, -0.25) is 9.59 Å². The van der Waals surface area contributed by atoms with Crippen LogP contribution >= 0.6 is 0 Å². The first kappa shape index (κ1) is 13.4. The van der Waals surface area contributed by atoms with Crippen LogP contribution in [0.1, 0.15) is 20.3 Å². The average Bonchev–Trinajstić information content (AvgIpc) is 2.11. The number of carbonyl (C=O) groups is 3. The fraction of sp³-hybridized carbons (Fsp3) is 0.667. The number of nitrogens with one attached hydrogen (secondary N) is 2. The van der Waals surface area contributed by atoms with Crippen LogP contribution in [0.4, 0.5) is 4.79 Å². The molecule has 0 aromatic heterocycles. The molecule has 2 amide bonds. The normalized spacial score (nSPS) is 9.20. The van der Waals surface area contributed by atoms with E-state index in [0.29, 0.717) is 13.0 Å². The Morgan fingerprint density at radius 3 is 2.20 bits per heavy atom. The van der Waals surface area contributed by atoms with Crippen molar-refractivity contribution >= 4 is 17.8 Å². The molecule has 0 aromatic carbocycles. The van der Waals surface area contributed by atoms with Crippen molar-refractivity contribution in [3.05, 3.63) is 0 Å². The zero-order valence-corrected chi connectivity index (χ0v) is 8.96. The molecule has 6 heteroatoms. The van der Waals surface area contributed by atoms with E-state index in [1.807, 2.05) is 0 Å². The van der Waals surface area contributed by atoms with Crippen LogP contribution in [-0.2, 0) is 14.3 Å². The van der Waals surface area contributed by atoms with Gasteiger partial charge < -0.3 is 15.4 Å². The molecule has 0 aliphatic carbocycles. The molecule has 0 bridgehead atoms. The standard InChI is InChI=1S/C9H16N2O4/c1-7(12)3-4-10-9(14)11-5-6-15-8(2)13/h3-6H2,1-2H3,(H2,10,11,14). The van der Waals surface area contributed by atoms with Crippen LogP contribution in [0.15, 0.2) is 0 Å². The van der Waals surface area contributed by atoms with Gasteiger partial charge in [-0.2, -0.15) is 0 Å². The fourth-order valence-electron chi connectivity index (χ4n) is 0.774. The van der Waals surface area contributed by atoms with Gasteiger partial charge in [0.2, 0.25) is 0 Å². The summed E-state index contributed by atoms with van der Waals surface area (Å²) in [5.41, 5.74) is 0. The zero-order chi connectivity index (χ0) is 11.7. The van der Waals surface area contributed by atoms with E-state index >= 15 is 0 Å². The third kappa shape index (κ3) is 10.3. The van der Waals surface area contributed by atoms with E-state index in [4.69, 9.17) is 0 Å². The molecule has 0 saturated heterocycles. The van der Waals surface area contributed by atoms with Crippen molar-refractivity contribution in [1.29, 1.82) is 0 Å². The number of amides is 2. The monoisotopic (exact) mass is 216 g/mol. The van der Waals surface area contributed by atoms with Crippen molar-refractivity contribution in [3.8, 4) is 0 Å². The van der Waals surface area contributed by atoms with E-state index in [2.05, 4.69) is 15.4 Å². The summed E-state index contributed by atoms with van der Waals surface area (Å²) in [6.07, 6.45) is 0.317. The molecule has 2 N–H and O–H groups in total. The van der Waals surface area contributed by atoms with Gasteiger partial charge >= 0.3 is 12.0 Å². The predicted octanol–water partition coefficient (Wildman–Crippen LogP) is -0.172. The van der Waals surface area contributed by atoms with E-state index in [1.165, 1.54) is 13.8 Å². The molecule has 0 saturated carbocycles. The first-order valence-corrected chi connectivity index (χ1v) is 4.67. The summed E-state index contributed by atoms with van der Waals surface area (Å²) in [6, 6.07) is -0.372. The van der Waals surface area contributed by atoms with Gasteiger partial charge in [-0.25, -0.2) is 4.79 Å². The molecule has 0 spiro atoms. The molecular weight excluding hydrogens is 200 g/mol. The smallest absolute Gasteiger partial charge is 0.314 e. The number of esters is 1. The number of urea groups is 1. The van der Waals surface area contributed by atoms with Crippen molar-refractivity contribution in [2.24, 2.45) is 0 Å². The molecule has 0 heterocycles. The number of Topliss-reactive ketones (excluding diaryl/α,β-unsaturated/α-hetero) is 1. The lowest BCUT2D eigenvalue weighted by Crippen LogP contribution is -2.38. The highest BCUT2D eigenvalue weighted by atomic mass is 16.5. The Morgan fingerprint density at radius 2 is 1.67 bits per heavy atom. The molecule has 0 rings (SSSR count). The number of rotatable bonds is 6. The van der Waals surface area contributed by atoms with Gasteiger partial charge in [0.25, 0.3) is 0 Å². The van der Waals surface area contributed by atoms with Crippen LogP contribution in [0, 0.1) is 0 Å². The Bertz CT molecular complexity index is 240. The minimum absolute atomic E-state index is 0.0233. The van der Waals surface area contributed by atoms with Crippen LogP contribution in [0.2, 0.25) is 0 Å². The molecule has 0 aliphatic heterocycles. The van der Waals surface area contributed by atoms with Crippen LogP contribution in [0.25, 0.3) is 0 Å². The van der Waals surface area contributed by atoms with Crippen molar-refractivity contribution < 1.29 is 19.1 Å². The van der Waals surface area contributed by atoms with Crippen LogP contribution in [0.3, 0.4) is 0 Å². The van der Waals surface area contributed by atoms with E-state index in [0.717, 1.165) is 0 Å². The largest absolute Gasteiger partial charge is 0.464 e. The molecule has 0 aliphatic rings. The highest BCUT2D eigenvalue weighted by Crippen LogP contribution is 1.78. The maximum Gasteiger partial charge on any atom is 0.314 e. The first-order valence-electron chi connectivity index (χ1n) is 4.67. The highest BCUT2D eigenvalue weighted by Gasteiger charge is 2.00. The second-order valence-electron chi connectivity index (χ2n) is 2.97. The molecule has 86 valence electrons. The summed E-state index contributed by atoms with van der Waals surface area (Å²) >= 11 is 0. The maximum atomic E-state index is 11.0. The Balaban J connectivity index is 3.33. The van der Waals surface area contributed by atoms with Gasteiger partial charge in [0, 0.05) is 19.9 Å². The van der Waals surface area contributed by atoms with Crippen molar-refractivity contribution in [2.45, 2.75) is 20.3 Å². The Hall–Kier alpha value is -1.59. The second-order valence-corrected chi connectivity index (χ2v) is 2.97. The summed E-state index contributed by atoms with van der Waals surface area (Å²) in [5, 5.41) is 4.96. The van der Waals surface area contributed by atoms with E-state index in [1.54, 1.807) is 0 Å². The number of hydrogen-bond acceptors (Lipinski definition) is 4. The summed E-state index contributed by atoms with van der Waals surface area (Å²) in [4.78, 5) is 31.9. The quantitative estimate of drug-likeness (QED) is 0.477. The second kappa shape index (κ2) is 7.78. The van der Waals surface area contributed by atoms with Crippen molar-refractivity contribution in [3.63, 3.8) is 0 Å². The first-order chi connectivity index (χ1) is 7.02. The van der Waals surface area contributed by atoms with Crippen LogP contribution in [0.5, 0.6) is 0 Å². The molecule has 6 nitrogen and oxygen atoms in total. The maximum absolute atomic E-state index is 11.0. The van der Waals surface area contributed by atoms with Gasteiger partial charge in [-0.05, 0) is 6.92 Å². The minimum atomic E-state index is -0.381. The lowest BCUT2D eigenvalue weighted by atomic mass is 10.3. The molecule has 0 aromatic rings. The minimum Gasteiger partial charge on any atom is -0.464 e. The fourth-order valence-corrected chi connectivity index (χ4v) is 0.774. The van der Waals surface area contributed by atoms with E-state index < -0.39 is 0 Å². The molecular formula is C9H16N2O4. The number of carbonyl (C=O) groups excluding carboxylic acids is 3.